The van der Waals surface area contributed by atoms with Crippen LogP contribution in [0.2, 0.25) is 0 Å². The number of benzene rings is 2. The monoisotopic (exact) mass is 284 g/mol. The lowest BCUT2D eigenvalue weighted by Crippen LogP contribution is -2.31. The Morgan fingerprint density at radius 2 is 1.67 bits per heavy atom. The normalized spacial score (nSPS) is 10.8. The van der Waals surface area contributed by atoms with Crippen molar-refractivity contribution >= 4 is 11.9 Å². The highest BCUT2D eigenvalue weighted by atomic mass is 16.6. The van der Waals surface area contributed by atoms with E-state index in [-0.39, 0.29) is 0 Å². The molecular weight excluding hydrogens is 268 g/mol. The third kappa shape index (κ3) is 4.65. The molecule has 0 fully saturated rings. The van der Waals surface area contributed by atoms with Gasteiger partial charge in [-0.2, -0.15) is 0 Å². The summed E-state index contributed by atoms with van der Waals surface area (Å²) in [7, 11) is 1.29. The molecule has 2 rings (SSSR count). The number of hydrogen-bond acceptors (Lipinski definition) is 4. The minimum Gasteiger partial charge on any atom is -0.453 e. The van der Waals surface area contributed by atoms with Crippen molar-refractivity contribution < 1.29 is 14.4 Å². The van der Waals surface area contributed by atoms with Gasteiger partial charge in [-0.05, 0) is 5.56 Å². The number of nitrogens with zero attached hydrogens (tertiary/aromatic N) is 1. The number of amidine groups is 1. The van der Waals surface area contributed by atoms with Crippen LogP contribution in [-0.4, -0.2) is 19.0 Å². The van der Waals surface area contributed by atoms with Crippen molar-refractivity contribution in [2.45, 2.75) is 6.61 Å². The second kappa shape index (κ2) is 7.69. The highest BCUT2D eigenvalue weighted by molar-refractivity contribution is 6.06. The first-order valence-electron chi connectivity index (χ1n) is 6.44. The summed E-state index contributed by atoms with van der Waals surface area (Å²) in [5.41, 5.74) is 1.72. The van der Waals surface area contributed by atoms with Crippen LogP contribution >= 0.6 is 0 Å². The van der Waals surface area contributed by atoms with Gasteiger partial charge in [-0.1, -0.05) is 65.8 Å². The minimum atomic E-state index is -0.596. The van der Waals surface area contributed by atoms with Crippen LogP contribution in [-0.2, 0) is 16.2 Å². The zero-order chi connectivity index (χ0) is 14.9. The molecule has 0 bridgehead atoms. The Kier molecular flexibility index (Phi) is 5.34. The molecule has 0 aromatic heterocycles. The van der Waals surface area contributed by atoms with Gasteiger partial charge in [0.25, 0.3) is 0 Å². The van der Waals surface area contributed by atoms with Gasteiger partial charge in [0.2, 0.25) is 0 Å². The number of rotatable bonds is 4. The SMILES string of the molecule is COC(=O)N/C(=N\OCc1ccccc1)c1ccccc1. The standard InChI is InChI=1S/C16H16N2O3/c1-20-16(19)17-15(14-10-6-3-7-11-14)18-21-12-13-8-4-2-5-9-13/h2-11H,12H2,1H3,(H,17,18,19). The molecule has 0 aliphatic carbocycles. The first-order valence-corrected chi connectivity index (χ1v) is 6.44. The van der Waals surface area contributed by atoms with Crippen molar-refractivity contribution in [1.29, 1.82) is 0 Å². The molecule has 2 aromatic rings. The molecule has 0 radical (unpaired) electrons. The largest absolute Gasteiger partial charge is 0.453 e. The number of alkyl carbamates (subject to hydrolysis) is 1. The van der Waals surface area contributed by atoms with E-state index in [1.54, 1.807) is 0 Å². The Morgan fingerprint density at radius 3 is 2.29 bits per heavy atom. The molecule has 0 unspecified atom stereocenters. The quantitative estimate of drug-likeness (QED) is 0.533. The third-order valence-corrected chi connectivity index (χ3v) is 2.68. The molecule has 0 atom stereocenters. The van der Waals surface area contributed by atoms with Gasteiger partial charge in [0, 0.05) is 5.56 Å². The van der Waals surface area contributed by atoms with Gasteiger partial charge in [-0.25, -0.2) is 4.79 Å². The van der Waals surface area contributed by atoms with Gasteiger partial charge < -0.3 is 9.57 Å². The van der Waals surface area contributed by atoms with Crippen LogP contribution in [0.5, 0.6) is 0 Å². The number of hydrogen-bond donors (Lipinski definition) is 1. The maximum Gasteiger partial charge on any atom is 0.412 e. The van der Waals surface area contributed by atoms with Crippen LogP contribution in [0, 0.1) is 0 Å². The predicted octanol–water partition coefficient (Wildman–Crippen LogP) is 2.92. The number of methoxy groups -OCH3 is 1. The number of carbonyl (C=O) groups is 1. The summed E-state index contributed by atoms with van der Waals surface area (Å²) in [5, 5.41) is 6.51. The van der Waals surface area contributed by atoms with Crippen LogP contribution in [0.3, 0.4) is 0 Å². The zero-order valence-corrected chi connectivity index (χ0v) is 11.7. The van der Waals surface area contributed by atoms with Gasteiger partial charge in [0.1, 0.15) is 6.61 Å². The molecule has 0 heterocycles. The Labute approximate surface area is 123 Å². The van der Waals surface area contributed by atoms with Crippen LogP contribution < -0.4 is 5.32 Å². The molecule has 0 spiro atoms. The molecule has 0 aliphatic heterocycles. The van der Waals surface area contributed by atoms with Crippen molar-refractivity contribution in [3.8, 4) is 0 Å². The molecule has 0 saturated carbocycles. The van der Waals surface area contributed by atoms with Crippen LogP contribution in [0.4, 0.5) is 4.79 Å². The Morgan fingerprint density at radius 1 is 1.05 bits per heavy atom. The summed E-state index contributed by atoms with van der Waals surface area (Å²) in [6.07, 6.45) is -0.596. The smallest absolute Gasteiger partial charge is 0.412 e. The first-order chi connectivity index (χ1) is 10.3. The summed E-state index contributed by atoms with van der Waals surface area (Å²) >= 11 is 0. The maximum absolute atomic E-state index is 11.4. The number of amides is 1. The van der Waals surface area contributed by atoms with E-state index >= 15 is 0 Å². The first kappa shape index (κ1) is 14.6. The van der Waals surface area contributed by atoms with E-state index in [9.17, 15) is 4.79 Å². The number of ether oxygens (including phenoxy) is 1. The molecule has 2 aromatic carbocycles. The molecule has 0 aliphatic rings. The Bertz CT molecular complexity index is 597. The fourth-order valence-corrected chi connectivity index (χ4v) is 1.64. The van der Waals surface area contributed by atoms with E-state index in [0.29, 0.717) is 12.4 Å². The Hall–Kier alpha value is -2.82. The number of carbonyl (C=O) groups excluding carboxylic acids is 1. The third-order valence-electron chi connectivity index (χ3n) is 2.68. The fraction of sp³-hybridized carbons (Fsp3) is 0.125. The molecule has 1 amide bonds. The van der Waals surface area contributed by atoms with Crippen LogP contribution in [0.1, 0.15) is 11.1 Å². The maximum atomic E-state index is 11.4. The van der Waals surface area contributed by atoms with E-state index in [1.807, 2.05) is 60.7 Å². The molecule has 5 heteroatoms. The topological polar surface area (TPSA) is 59.9 Å². The van der Waals surface area contributed by atoms with Gasteiger partial charge >= 0.3 is 6.09 Å². The lowest BCUT2D eigenvalue weighted by atomic mass is 10.2. The molecule has 0 saturated heterocycles. The van der Waals surface area contributed by atoms with Crippen molar-refractivity contribution in [2.24, 2.45) is 5.16 Å². The fourth-order valence-electron chi connectivity index (χ4n) is 1.64. The molecule has 1 N–H and O–H groups in total. The van der Waals surface area contributed by atoms with E-state index < -0.39 is 6.09 Å². The average Bonchev–Trinajstić information content (AvgIpc) is 2.55. The van der Waals surface area contributed by atoms with Crippen LogP contribution in [0.25, 0.3) is 0 Å². The molecule has 5 nitrogen and oxygen atoms in total. The summed E-state index contributed by atoms with van der Waals surface area (Å²) < 4.78 is 4.58. The van der Waals surface area contributed by atoms with Gasteiger partial charge in [-0.15, -0.1) is 0 Å². The average molecular weight is 284 g/mol. The molecular formula is C16H16N2O3. The van der Waals surface area contributed by atoms with E-state index in [1.165, 1.54) is 7.11 Å². The summed E-state index contributed by atoms with van der Waals surface area (Å²) in [6.45, 7) is 0.319. The summed E-state index contributed by atoms with van der Waals surface area (Å²) in [5.74, 6) is 0.304. The second-order valence-electron chi connectivity index (χ2n) is 4.18. The minimum absolute atomic E-state index is 0.304. The lowest BCUT2D eigenvalue weighted by molar-refractivity contribution is 0.128. The van der Waals surface area contributed by atoms with E-state index in [4.69, 9.17) is 4.84 Å². The highest BCUT2D eigenvalue weighted by Crippen LogP contribution is 2.04. The van der Waals surface area contributed by atoms with Gasteiger partial charge in [0.15, 0.2) is 5.84 Å². The number of oxime groups is 1. The van der Waals surface area contributed by atoms with E-state index in [0.717, 1.165) is 11.1 Å². The lowest BCUT2D eigenvalue weighted by Gasteiger charge is -2.08. The Balaban J connectivity index is 2.07. The van der Waals surface area contributed by atoms with Gasteiger partial charge in [0.05, 0.1) is 7.11 Å². The highest BCUT2D eigenvalue weighted by Gasteiger charge is 2.08. The van der Waals surface area contributed by atoms with Gasteiger partial charge in [-0.3, -0.25) is 5.32 Å². The van der Waals surface area contributed by atoms with Crippen molar-refractivity contribution in [3.05, 3.63) is 71.8 Å². The predicted molar refractivity (Wildman–Crippen MR) is 79.8 cm³/mol. The number of nitrogens with one attached hydrogen (secondary N) is 1. The van der Waals surface area contributed by atoms with Crippen molar-refractivity contribution in [2.75, 3.05) is 7.11 Å². The molecule has 108 valence electrons. The summed E-state index contributed by atoms with van der Waals surface area (Å²) in [4.78, 5) is 16.7. The summed E-state index contributed by atoms with van der Waals surface area (Å²) in [6, 6.07) is 18.9. The second-order valence-corrected chi connectivity index (χ2v) is 4.18. The van der Waals surface area contributed by atoms with Crippen LogP contribution in [0.15, 0.2) is 65.8 Å². The van der Waals surface area contributed by atoms with E-state index in [2.05, 4.69) is 15.2 Å². The van der Waals surface area contributed by atoms with Crippen molar-refractivity contribution in [3.63, 3.8) is 0 Å². The molecule has 21 heavy (non-hydrogen) atoms. The zero-order valence-electron chi connectivity index (χ0n) is 11.7. The van der Waals surface area contributed by atoms with Crippen molar-refractivity contribution in [1.82, 2.24) is 5.32 Å².